The van der Waals surface area contributed by atoms with Crippen LogP contribution in [0.2, 0.25) is 5.02 Å². The molecule has 0 unspecified atom stereocenters. The lowest BCUT2D eigenvalue weighted by molar-refractivity contribution is 0.526. The van der Waals surface area contributed by atoms with Crippen LogP contribution in [0.4, 0.5) is 15.8 Å². The second-order valence-electron chi connectivity index (χ2n) is 5.24. The lowest BCUT2D eigenvalue weighted by Crippen LogP contribution is -2.39. The standard InChI is InChI=1S/C16H17ClFN3/c17-15-11-12(18)1-2-16(15)20-13-5-9-21(10-6-13)14-3-7-19-8-4-14/h1-4,7-8,11,13,20H,5-6,9-10H2. The molecule has 0 bridgehead atoms. The van der Waals surface area contributed by atoms with Gasteiger partial charge in [0.2, 0.25) is 0 Å². The van der Waals surface area contributed by atoms with Gasteiger partial charge in [-0.1, -0.05) is 11.6 Å². The normalized spacial score (nSPS) is 16.0. The van der Waals surface area contributed by atoms with Gasteiger partial charge in [-0.15, -0.1) is 0 Å². The van der Waals surface area contributed by atoms with Gasteiger partial charge >= 0.3 is 0 Å². The van der Waals surface area contributed by atoms with E-state index in [1.54, 1.807) is 6.07 Å². The summed E-state index contributed by atoms with van der Waals surface area (Å²) < 4.78 is 13.0. The topological polar surface area (TPSA) is 28.2 Å². The van der Waals surface area contributed by atoms with Crippen molar-refractivity contribution in [3.05, 3.63) is 53.6 Å². The molecule has 0 radical (unpaired) electrons. The number of piperidine rings is 1. The van der Waals surface area contributed by atoms with Crippen molar-refractivity contribution in [1.82, 2.24) is 4.98 Å². The number of hydrogen-bond donors (Lipinski definition) is 1. The Labute approximate surface area is 128 Å². The van der Waals surface area contributed by atoms with Gasteiger partial charge in [0.1, 0.15) is 5.82 Å². The minimum absolute atomic E-state index is 0.307. The molecule has 5 heteroatoms. The lowest BCUT2D eigenvalue weighted by Gasteiger charge is -2.34. The highest BCUT2D eigenvalue weighted by Crippen LogP contribution is 2.26. The van der Waals surface area contributed by atoms with Crippen LogP contribution in [0.1, 0.15) is 12.8 Å². The fourth-order valence-electron chi connectivity index (χ4n) is 2.66. The molecule has 3 rings (SSSR count). The molecule has 1 N–H and O–H groups in total. The second-order valence-corrected chi connectivity index (χ2v) is 5.64. The van der Waals surface area contributed by atoms with Crippen LogP contribution in [0, 0.1) is 5.82 Å². The van der Waals surface area contributed by atoms with Gasteiger partial charge in [-0.3, -0.25) is 4.98 Å². The first-order chi connectivity index (χ1) is 10.2. The number of benzene rings is 1. The number of rotatable bonds is 3. The van der Waals surface area contributed by atoms with Crippen molar-refractivity contribution in [3.8, 4) is 0 Å². The average Bonchev–Trinajstić information content (AvgIpc) is 2.52. The third kappa shape index (κ3) is 3.45. The van der Waals surface area contributed by atoms with Crippen LogP contribution in [0.15, 0.2) is 42.7 Å². The molecule has 21 heavy (non-hydrogen) atoms. The summed E-state index contributed by atoms with van der Waals surface area (Å²) in [4.78, 5) is 6.40. The first-order valence-corrected chi connectivity index (χ1v) is 7.47. The first-order valence-electron chi connectivity index (χ1n) is 7.09. The number of halogens is 2. The van der Waals surface area contributed by atoms with E-state index in [4.69, 9.17) is 11.6 Å². The molecular weight excluding hydrogens is 289 g/mol. The van der Waals surface area contributed by atoms with E-state index in [1.165, 1.54) is 17.8 Å². The van der Waals surface area contributed by atoms with Crippen LogP contribution in [0.3, 0.4) is 0 Å². The molecule has 3 nitrogen and oxygen atoms in total. The summed E-state index contributed by atoms with van der Waals surface area (Å²) >= 11 is 6.05. The van der Waals surface area contributed by atoms with E-state index < -0.39 is 0 Å². The Kier molecular flexibility index (Phi) is 4.25. The molecular formula is C16H17ClFN3. The largest absolute Gasteiger partial charge is 0.381 e. The zero-order valence-corrected chi connectivity index (χ0v) is 12.4. The Morgan fingerprint density at radius 1 is 1.14 bits per heavy atom. The van der Waals surface area contributed by atoms with E-state index in [0.717, 1.165) is 31.6 Å². The molecule has 1 aromatic carbocycles. The SMILES string of the molecule is Fc1ccc(NC2CCN(c3ccncc3)CC2)c(Cl)c1. The third-order valence-corrected chi connectivity index (χ3v) is 4.13. The molecule has 0 saturated carbocycles. The minimum atomic E-state index is -0.307. The van der Waals surface area contributed by atoms with Crippen molar-refractivity contribution in [3.63, 3.8) is 0 Å². The number of nitrogens with one attached hydrogen (secondary N) is 1. The van der Waals surface area contributed by atoms with Crippen LogP contribution in [-0.4, -0.2) is 24.1 Å². The molecule has 0 spiro atoms. The molecule has 1 aliphatic heterocycles. The van der Waals surface area contributed by atoms with Gasteiger partial charge in [-0.2, -0.15) is 0 Å². The van der Waals surface area contributed by atoms with Gasteiger partial charge in [0.05, 0.1) is 10.7 Å². The number of aromatic nitrogens is 1. The van der Waals surface area contributed by atoms with E-state index in [1.807, 2.05) is 24.5 Å². The second kappa shape index (κ2) is 6.31. The predicted molar refractivity (Wildman–Crippen MR) is 84.5 cm³/mol. The third-order valence-electron chi connectivity index (χ3n) is 3.81. The van der Waals surface area contributed by atoms with Crippen molar-refractivity contribution in [2.75, 3.05) is 23.3 Å². The van der Waals surface area contributed by atoms with Crippen LogP contribution < -0.4 is 10.2 Å². The van der Waals surface area contributed by atoms with Crippen LogP contribution >= 0.6 is 11.6 Å². The van der Waals surface area contributed by atoms with Crippen LogP contribution in [0.25, 0.3) is 0 Å². The molecule has 1 fully saturated rings. The Balaban J connectivity index is 1.59. The maximum Gasteiger partial charge on any atom is 0.124 e. The number of nitrogens with zero attached hydrogens (tertiary/aromatic N) is 2. The molecule has 1 aromatic heterocycles. The maximum atomic E-state index is 13.0. The molecule has 0 amide bonds. The zero-order chi connectivity index (χ0) is 14.7. The van der Waals surface area contributed by atoms with Crippen molar-refractivity contribution < 1.29 is 4.39 Å². The first kappa shape index (κ1) is 14.1. The highest BCUT2D eigenvalue weighted by atomic mass is 35.5. The van der Waals surface area contributed by atoms with Crippen LogP contribution in [0.5, 0.6) is 0 Å². The van der Waals surface area contributed by atoms with Crippen molar-refractivity contribution >= 4 is 23.0 Å². The monoisotopic (exact) mass is 305 g/mol. The van der Waals surface area contributed by atoms with Crippen LogP contribution in [-0.2, 0) is 0 Å². The summed E-state index contributed by atoms with van der Waals surface area (Å²) in [6.07, 6.45) is 5.68. The Hall–Kier alpha value is -1.81. The molecule has 2 heterocycles. The average molecular weight is 306 g/mol. The number of hydrogen-bond acceptors (Lipinski definition) is 3. The van der Waals surface area contributed by atoms with E-state index in [9.17, 15) is 4.39 Å². The van der Waals surface area contributed by atoms with Crippen molar-refractivity contribution in [1.29, 1.82) is 0 Å². The molecule has 0 atom stereocenters. The van der Waals surface area contributed by atoms with Gasteiger partial charge in [-0.05, 0) is 43.2 Å². The summed E-state index contributed by atoms with van der Waals surface area (Å²) in [5.41, 5.74) is 2.02. The summed E-state index contributed by atoms with van der Waals surface area (Å²) in [6, 6.07) is 8.91. The molecule has 110 valence electrons. The van der Waals surface area contributed by atoms with E-state index in [0.29, 0.717) is 11.1 Å². The number of anilines is 2. The quantitative estimate of drug-likeness (QED) is 0.930. The van der Waals surface area contributed by atoms with E-state index >= 15 is 0 Å². The summed E-state index contributed by atoms with van der Waals surface area (Å²) in [6.45, 7) is 1.97. The molecule has 1 saturated heterocycles. The van der Waals surface area contributed by atoms with E-state index in [2.05, 4.69) is 15.2 Å². The molecule has 0 aliphatic carbocycles. The Morgan fingerprint density at radius 2 is 1.86 bits per heavy atom. The molecule has 2 aromatic rings. The Bertz CT molecular complexity index is 598. The highest BCUT2D eigenvalue weighted by Gasteiger charge is 2.19. The Morgan fingerprint density at radius 3 is 2.52 bits per heavy atom. The summed E-state index contributed by atoms with van der Waals surface area (Å²) in [5, 5.41) is 3.85. The highest BCUT2D eigenvalue weighted by molar-refractivity contribution is 6.33. The lowest BCUT2D eigenvalue weighted by atomic mass is 10.0. The van der Waals surface area contributed by atoms with Gasteiger partial charge < -0.3 is 10.2 Å². The van der Waals surface area contributed by atoms with Gasteiger partial charge in [-0.25, -0.2) is 4.39 Å². The maximum absolute atomic E-state index is 13.0. The summed E-state index contributed by atoms with van der Waals surface area (Å²) in [5.74, 6) is -0.307. The summed E-state index contributed by atoms with van der Waals surface area (Å²) in [7, 11) is 0. The smallest absolute Gasteiger partial charge is 0.124 e. The van der Waals surface area contributed by atoms with Gasteiger partial charge in [0.25, 0.3) is 0 Å². The van der Waals surface area contributed by atoms with Crippen molar-refractivity contribution in [2.24, 2.45) is 0 Å². The van der Waals surface area contributed by atoms with E-state index in [-0.39, 0.29) is 5.82 Å². The molecule has 1 aliphatic rings. The fourth-order valence-corrected chi connectivity index (χ4v) is 2.89. The van der Waals surface area contributed by atoms with Crippen molar-refractivity contribution in [2.45, 2.75) is 18.9 Å². The number of pyridine rings is 1. The minimum Gasteiger partial charge on any atom is -0.381 e. The predicted octanol–water partition coefficient (Wildman–Crippen LogP) is 3.96. The van der Waals surface area contributed by atoms with Gasteiger partial charge in [0, 0.05) is 37.2 Å². The fraction of sp³-hybridized carbons (Fsp3) is 0.312. The zero-order valence-electron chi connectivity index (χ0n) is 11.6. The van der Waals surface area contributed by atoms with Gasteiger partial charge in [0.15, 0.2) is 0 Å².